The van der Waals surface area contributed by atoms with Gasteiger partial charge in [-0.3, -0.25) is 0 Å². The van der Waals surface area contributed by atoms with E-state index in [0.29, 0.717) is 22.6 Å². The van der Waals surface area contributed by atoms with Crippen molar-refractivity contribution in [1.29, 1.82) is 0 Å². The molecular formula is C19H16FN2O3S. The molecular weight excluding hydrogens is 355 g/mol. The number of aromatic nitrogens is 1. The molecule has 26 heavy (non-hydrogen) atoms. The Hall–Kier alpha value is -2.80. The maximum absolute atomic E-state index is 14.5. The van der Waals surface area contributed by atoms with Crippen LogP contribution in [0.4, 0.5) is 9.18 Å². The zero-order valence-electron chi connectivity index (χ0n) is 13.9. The minimum atomic E-state index is -1.64. The fourth-order valence-electron chi connectivity index (χ4n) is 2.94. The number of hydrogen-bond donors (Lipinski definition) is 3. The number of thiol groups is 1. The summed E-state index contributed by atoms with van der Waals surface area (Å²) in [6.45, 7) is 5.65. The second-order valence-electron chi connectivity index (χ2n) is 5.83. The van der Waals surface area contributed by atoms with E-state index >= 15 is 0 Å². The van der Waals surface area contributed by atoms with Gasteiger partial charge in [0.25, 0.3) is 0 Å². The number of halogens is 1. The van der Waals surface area contributed by atoms with E-state index in [4.69, 9.17) is 4.52 Å². The summed E-state index contributed by atoms with van der Waals surface area (Å²) in [5.74, 6) is -0.281. The Morgan fingerprint density at radius 1 is 1.27 bits per heavy atom. The number of nitrogens with zero attached hydrogens (tertiary/aromatic N) is 1. The minimum absolute atomic E-state index is 0.0702. The number of aryl methyl sites for hydroxylation is 1. The number of amides is 1. The highest BCUT2D eigenvalue weighted by Crippen LogP contribution is 2.39. The third kappa shape index (κ3) is 3.17. The number of rotatable bonds is 4. The lowest BCUT2D eigenvalue weighted by Crippen LogP contribution is -2.45. The van der Waals surface area contributed by atoms with Crippen molar-refractivity contribution >= 4 is 18.7 Å². The Kier molecular flexibility index (Phi) is 4.73. The molecule has 133 valence electrons. The number of nitrogens with one attached hydrogen (secondary N) is 1. The molecule has 7 heteroatoms. The van der Waals surface area contributed by atoms with Gasteiger partial charge in [-0.05, 0) is 32.0 Å². The van der Waals surface area contributed by atoms with Crippen molar-refractivity contribution in [2.75, 3.05) is 0 Å². The zero-order chi connectivity index (χ0) is 18.9. The summed E-state index contributed by atoms with van der Waals surface area (Å²) >= 11 is 4.25. The Balaban J connectivity index is 2.26. The molecule has 0 bridgehead atoms. The van der Waals surface area contributed by atoms with Gasteiger partial charge < -0.3 is 14.9 Å². The van der Waals surface area contributed by atoms with Gasteiger partial charge in [0.2, 0.25) is 0 Å². The summed E-state index contributed by atoms with van der Waals surface area (Å²) in [5, 5.41) is 15.6. The molecule has 1 atom stereocenters. The number of hydrogen-bond acceptors (Lipinski definition) is 4. The molecule has 2 N–H and O–H groups in total. The first-order valence-electron chi connectivity index (χ1n) is 7.70. The molecule has 0 saturated heterocycles. The Labute approximate surface area is 155 Å². The van der Waals surface area contributed by atoms with Crippen LogP contribution in [0.15, 0.2) is 57.9 Å². The number of benzene rings is 2. The quantitative estimate of drug-likeness (QED) is 0.594. The lowest BCUT2D eigenvalue weighted by atomic mass is 9.82. The van der Waals surface area contributed by atoms with Crippen LogP contribution in [0.2, 0.25) is 0 Å². The van der Waals surface area contributed by atoms with Crippen molar-refractivity contribution in [1.82, 2.24) is 10.5 Å². The normalized spacial score (nSPS) is 13.2. The largest absolute Gasteiger partial charge is 0.465 e. The van der Waals surface area contributed by atoms with Crippen molar-refractivity contribution < 1.29 is 18.8 Å². The monoisotopic (exact) mass is 371 g/mol. The van der Waals surface area contributed by atoms with Gasteiger partial charge in [-0.15, -0.1) is 12.6 Å². The summed E-state index contributed by atoms with van der Waals surface area (Å²) in [4.78, 5) is 12.2. The lowest BCUT2D eigenvalue weighted by Gasteiger charge is -2.30. The molecule has 0 aliphatic rings. The smallest absolute Gasteiger partial charge is 0.405 e. The third-order valence-corrected chi connectivity index (χ3v) is 4.37. The van der Waals surface area contributed by atoms with Gasteiger partial charge in [0.1, 0.15) is 11.4 Å². The average molecular weight is 371 g/mol. The average Bonchev–Trinajstić information content (AvgIpc) is 2.97. The predicted molar refractivity (Wildman–Crippen MR) is 97.6 cm³/mol. The van der Waals surface area contributed by atoms with E-state index < -0.39 is 17.4 Å². The third-order valence-electron chi connectivity index (χ3n) is 4.07. The topological polar surface area (TPSA) is 75.4 Å². The highest BCUT2D eigenvalue weighted by Gasteiger charge is 2.39. The van der Waals surface area contributed by atoms with Crippen LogP contribution >= 0.6 is 12.6 Å². The maximum atomic E-state index is 14.5. The molecule has 0 aliphatic carbocycles. The van der Waals surface area contributed by atoms with E-state index in [9.17, 15) is 14.3 Å². The van der Waals surface area contributed by atoms with Crippen LogP contribution < -0.4 is 5.32 Å². The fraction of sp³-hybridized carbons (Fsp3) is 0.105. The minimum Gasteiger partial charge on any atom is -0.465 e. The van der Waals surface area contributed by atoms with Crippen molar-refractivity contribution in [3.05, 3.63) is 78.1 Å². The van der Waals surface area contributed by atoms with Crippen LogP contribution in [0, 0.1) is 19.7 Å². The van der Waals surface area contributed by atoms with Gasteiger partial charge in [-0.25, -0.2) is 9.18 Å². The molecule has 1 aromatic heterocycles. The van der Waals surface area contributed by atoms with E-state index in [1.807, 2.05) is 0 Å². The summed E-state index contributed by atoms with van der Waals surface area (Å²) in [6.07, 6.45) is -1.35. The summed E-state index contributed by atoms with van der Waals surface area (Å²) in [6, 6.07) is 12.9. The predicted octanol–water partition coefficient (Wildman–Crippen LogP) is 4.42. The second kappa shape index (κ2) is 6.84. The first-order valence-corrected chi connectivity index (χ1v) is 8.15. The van der Waals surface area contributed by atoms with Crippen LogP contribution in [0.3, 0.4) is 0 Å². The molecule has 0 aliphatic heterocycles. The van der Waals surface area contributed by atoms with E-state index in [1.165, 1.54) is 18.2 Å². The number of carboxylic acid groups (broad SMARTS) is 1. The molecule has 3 aromatic rings. The fourth-order valence-corrected chi connectivity index (χ4v) is 3.09. The zero-order valence-corrected chi connectivity index (χ0v) is 14.8. The highest BCUT2D eigenvalue weighted by atomic mass is 32.1. The molecule has 0 fully saturated rings. The van der Waals surface area contributed by atoms with Gasteiger partial charge in [0.05, 0.1) is 11.3 Å². The van der Waals surface area contributed by atoms with E-state index in [0.717, 1.165) is 4.90 Å². The molecule has 0 spiro atoms. The van der Waals surface area contributed by atoms with Gasteiger partial charge >= 0.3 is 6.09 Å². The molecule has 2 aromatic carbocycles. The first-order chi connectivity index (χ1) is 12.3. The number of carbonyl (C=O) groups is 1. The molecule has 0 saturated carbocycles. The molecule has 1 amide bonds. The molecule has 1 radical (unpaired) electrons. The van der Waals surface area contributed by atoms with E-state index in [2.05, 4.69) is 30.0 Å². The van der Waals surface area contributed by atoms with Gasteiger partial charge in [-0.2, -0.15) is 0 Å². The van der Waals surface area contributed by atoms with E-state index in [1.54, 1.807) is 37.3 Å². The van der Waals surface area contributed by atoms with Crippen LogP contribution in [-0.2, 0) is 5.54 Å². The summed E-state index contributed by atoms with van der Waals surface area (Å²) in [7, 11) is 0. The SMILES string of the molecule is [CH2]C(NC(=O)O)(c1ccccc1F)c1c(C)noc1-c1ccc(S)cc1. The van der Waals surface area contributed by atoms with Crippen molar-refractivity contribution in [3.8, 4) is 11.3 Å². The van der Waals surface area contributed by atoms with Crippen molar-refractivity contribution in [2.24, 2.45) is 0 Å². The molecule has 1 unspecified atom stereocenters. The van der Waals surface area contributed by atoms with Gasteiger partial charge in [0, 0.05) is 16.0 Å². The second-order valence-corrected chi connectivity index (χ2v) is 6.35. The molecule has 5 nitrogen and oxygen atoms in total. The Morgan fingerprint density at radius 2 is 1.92 bits per heavy atom. The summed E-state index contributed by atoms with van der Waals surface area (Å²) < 4.78 is 20.0. The van der Waals surface area contributed by atoms with Gasteiger partial charge in [-0.1, -0.05) is 35.5 Å². The molecule has 1 heterocycles. The maximum Gasteiger partial charge on any atom is 0.405 e. The standard InChI is InChI=1S/C19H16FN2O3S/c1-11-16(17(25-22-11)12-7-9-13(26)10-8-12)19(2,21-18(23)24)14-5-3-4-6-15(14)20/h3-10,21,26H,2H2,1H3,(H,23,24). The summed E-state index contributed by atoms with van der Waals surface area (Å²) in [5.41, 5.74) is -0.175. The van der Waals surface area contributed by atoms with Crippen molar-refractivity contribution in [2.45, 2.75) is 17.4 Å². The van der Waals surface area contributed by atoms with Crippen LogP contribution in [-0.4, -0.2) is 16.4 Å². The van der Waals surface area contributed by atoms with E-state index in [-0.39, 0.29) is 5.56 Å². The van der Waals surface area contributed by atoms with Crippen LogP contribution in [0.5, 0.6) is 0 Å². The first kappa shape index (κ1) is 18.0. The van der Waals surface area contributed by atoms with Crippen molar-refractivity contribution in [3.63, 3.8) is 0 Å². The Bertz CT molecular complexity index is 956. The van der Waals surface area contributed by atoms with Crippen LogP contribution in [0.25, 0.3) is 11.3 Å². The van der Waals surface area contributed by atoms with Crippen LogP contribution in [0.1, 0.15) is 16.8 Å². The Morgan fingerprint density at radius 3 is 2.54 bits per heavy atom. The molecule has 3 rings (SSSR count). The van der Waals surface area contributed by atoms with Gasteiger partial charge in [0.15, 0.2) is 5.76 Å². The highest BCUT2D eigenvalue weighted by molar-refractivity contribution is 7.80. The lowest BCUT2D eigenvalue weighted by molar-refractivity contribution is 0.186.